The summed E-state index contributed by atoms with van der Waals surface area (Å²) in [5, 5.41) is 11.7. The number of likely N-dealkylation sites (tertiary alicyclic amines) is 1. The molecule has 0 bridgehead atoms. The van der Waals surface area contributed by atoms with Gasteiger partial charge in [-0.1, -0.05) is 12.1 Å². The fraction of sp³-hybridized carbons (Fsp3) is 0.467. The van der Waals surface area contributed by atoms with Crippen molar-refractivity contribution in [2.24, 2.45) is 13.0 Å². The Morgan fingerprint density at radius 2 is 1.95 bits per heavy atom. The molecule has 0 radical (unpaired) electrons. The van der Waals surface area contributed by atoms with E-state index in [1.54, 1.807) is 23.4 Å². The maximum absolute atomic E-state index is 14.2. The predicted molar refractivity (Wildman–Crippen MR) is 146 cm³/mol. The molecule has 1 atom stereocenters. The Bertz CT molecular complexity index is 1510. The third-order valence-electron chi connectivity index (χ3n) is 8.98. The molecule has 2 aromatic carbocycles. The van der Waals surface area contributed by atoms with E-state index in [1.165, 1.54) is 17.9 Å². The van der Waals surface area contributed by atoms with Crippen molar-refractivity contribution in [3.8, 4) is 0 Å². The summed E-state index contributed by atoms with van der Waals surface area (Å²) in [6, 6.07) is 10.1. The number of anilines is 1. The first-order valence-corrected chi connectivity index (χ1v) is 13.9. The minimum atomic E-state index is -4.58. The minimum absolute atomic E-state index is 0.00368. The number of halogens is 3. The zero-order chi connectivity index (χ0) is 29.1. The number of carbonyl (C=O) groups excluding carboxylic acids is 2. The smallest absolute Gasteiger partial charge is 0.342 e. The molecule has 6 rings (SSSR count). The highest BCUT2D eigenvalue weighted by molar-refractivity contribution is 6.10. The summed E-state index contributed by atoms with van der Waals surface area (Å²) < 4.78 is 44.5. The number of nitrogens with zero attached hydrogens (tertiary/aromatic N) is 5. The molecular weight excluding hydrogens is 533 g/mol. The van der Waals surface area contributed by atoms with E-state index >= 15 is 0 Å². The standard InChI is InChI=1S/C30H33F3N6O2/c1-18(40)38-14-21(15-38)26(27-36-35-17-37(27)3)20-6-4-7-22(12-20)39-16-24-23(28(39)41)10-19(11-25(24)30(31,32)33)13-34-29(2)8-5-9-29/h4,6-7,10-12,17,21,26,34H,5,8-9,13-16H2,1-3H3/t26-/m0/s1. The largest absolute Gasteiger partial charge is 0.416 e. The number of alkyl halides is 3. The van der Waals surface area contributed by atoms with Gasteiger partial charge in [0.15, 0.2) is 0 Å². The van der Waals surface area contributed by atoms with Gasteiger partial charge in [0.2, 0.25) is 5.91 Å². The molecule has 11 heteroatoms. The van der Waals surface area contributed by atoms with Gasteiger partial charge in [-0.05, 0) is 67.1 Å². The summed E-state index contributed by atoms with van der Waals surface area (Å²) in [6.07, 6.45) is 0.0970. The van der Waals surface area contributed by atoms with Crippen LogP contribution < -0.4 is 10.2 Å². The zero-order valence-corrected chi connectivity index (χ0v) is 23.3. The van der Waals surface area contributed by atoms with Crippen LogP contribution in [0, 0.1) is 5.92 Å². The van der Waals surface area contributed by atoms with Gasteiger partial charge in [0.1, 0.15) is 12.2 Å². The van der Waals surface area contributed by atoms with Crippen LogP contribution in [0.25, 0.3) is 0 Å². The normalized spacial score (nSPS) is 19.1. The Morgan fingerprint density at radius 1 is 1.20 bits per heavy atom. The highest BCUT2D eigenvalue weighted by Gasteiger charge is 2.42. The number of amides is 2. The lowest BCUT2D eigenvalue weighted by atomic mass is 9.78. The monoisotopic (exact) mass is 566 g/mol. The molecule has 1 saturated heterocycles. The van der Waals surface area contributed by atoms with Gasteiger partial charge in [0, 0.05) is 56.3 Å². The zero-order valence-electron chi connectivity index (χ0n) is 23.3. The van der Waals surface area contributed by atoms with Crippen LogP contribution in [-0.4, -0.2) is 50.1 Å². The van der Waals surface area contributed by atoms with Gasteiger partial charge in [0.25, 0.3) is 5.91 Å². The maximum Gasteiger partial charge on any atom is 0.416 e. The Balaban J connectivity index is 1.32. The van der Waals surface area contributed by atoms with Gasteiger partial charge in [-0.25, -0.2) is 0 Å². The van der Waals surface area contributed by atoms with Crippen molar-refractivity contribution in [2.45, 2.75) is 63.8 Å². The summed E-state index contributed by atoms with van der Waals surface area (Å²) in [4.78, 5) is 28.7. The van der Waals surface area contributed by atoms with Crippen LogP contribution >= 0.6 is 0 Å². The van der Waals surface area contributed by atoms with Gasteiger partial charge in [-0.3, -0.25) is 9.59 Å². The quantitative estimate of drug-likeness (QED) is 0.451. The number of aromatic nitrogens is 3. The second-order valence-corrected chi connectivity index (χ2v) is 11.9. The van der Waals surface area contributed by atoms with Crippen molar-refractivity contribution in [1.82, 2.24) is 25.0 Å². The van der Waals surface area contributed by atoms with Crippen molar-refractivity contribution in [3.05, 3.63) is 76.4 Å². The highest BCUT2D eigenvalue weighted by atomic mass is 19.4. The molecule has 1 N–H and O–H groups in total. The Morgan fingerprint density at radius 3 is 2.56 bits per heavy atom. The van der Waals surface area contributed by atoms with E-state index in [4.69, 9.17) is 0 Å². The van der Waals surface area contributed by atoms with Gasteiger partial charge in [-0.2, -0.15) is 13.2 Å². The molecule has 3 heterocycles. The average Bonchev–Trinajstić information content (AvgIpc) is 3.45. The molecule has 0 spiro atoms. The fourth-order valence-electron chi connectivity index (χ4n) is 6.30. The van der Waals surface area contributed by atoms with E-state index in [0.717, 1.165) is 30.7 Å². The summed E-state index contributed by atoms with van der Waals surface area (Å²) in [6.45, 7) is 4.85. The van der Waals surface area contributed by atoms with Gasteiger partial charge < -0.3 is 19.7 Å². The van der Waals surface area contributed by atoms with E-state index in [-0.39, 0.29) is 47.5 Å². The number of rotatable bonds is 7. The van der Waals surface area contributed by atoms with Crippen LogP contribution in [0.3, 0.4) is 0 Å². The van der Waals surface area contributed by atoms with Crippen molar-refractivity contribution >= 4 is 17.5 Å². The first-order valence-electron chi connectivity index (χ1n) is 13.9. The number of hydrogen-bond acceptors (Lipinski definition) is 5. The Hall–Kier alpha value is -3.73. The van der Waals surface area contributed by atoms with Crippen molar-refractivity contribution in [1.29, 1.82) is 0 Å². The number of nitrogens with one attached hydrogen (secondary N) is 1. The first-order chi connectivity index (χ1) is 19.4. The molecule has 1 aliphatic carbocycles. The molecule has 1 saturated carbocycles. The average molecular weight is 567 g/mol. The van der Waals surface area contributed by atoms with Crippen LogP contribution in [0.2, 0.25) is 0 Å². The fourth-order valence-corrected chi connectivity index (χ4v) is 6.30. The minimum Gasteiger partial charge on any atom is -0.342 e. The van der Waals surface area contributed by atoms with Crippen LogP contribution in [0.15, 0.2) is 42.7 Å². The second kappa shape index (κ2) is 9.97. The first kappa shape index (κ1) is 27.4. The van der Waals surface area contributed by atoms with Crippen molar-refractivity contribution in [3.63, 3.8) is 0 Å². The molecule has 2 amide bonds. The molecule has 41 heavy (non-hydrogen) atoms. The third kappa shape index (κ3) is 5.00. The number of benzene rings is 2. The van der Waals surface area contributed by atoms with Gasteiger partial charge in [-0.15, -0.1) is 10.2 Å². The summed E-state index contributed by atoms with van der Waals surface area (Å²) in [5.41, 5.74) is 1.12. The Kier molecular flexibility index (Phi) is 6.67. The van der Waals surface area contributed by atoms with E-state index < -0.39 is 17.6 Å². The summed E-state index contributed by atoms with van der Waals surface area (Å²) >= 11 is 0. The van der Waals surface area contributed by atoms with Crippen molar-refractivity contribution < 1.29 is 22.8 Å². The molecule has 216 valence electrons. The SMILES string of the molecule is CC(=O)N1CC([C@H](c2cccc(N3Cc4c(cc(CNC5(C)CCC5)cc4C(F)(F)F)C3=O)c2)c2nncn2C)C1. The van der Waals surface area contributed by atoms with Gasteiger partial charge >= 0.3 is 6.18 Å². The molecule has 3 aliphatic rings. The molecule has 3 aromatic rings. The van der Waals surface area contributed by atoms with Crippen molar-refractivity contribution in [2.75, 3.05) is 18.0 Å². The lowest BCUT2D eigenvalue weighted by molar-refractivity contribution is -0.138. The number of carbonyl (C=O) groups is 2. The van der Waals surface area contributed by atoms with E-state index in [0.29, 0.717) is 24.3 Å². The van der Waals surface area contributed by atoms with Crippen LogP contribution in [-0.2, 0) is 31.1 Å². The highest BCUT2D eigenvalue weighted by Crippen LogP contribution is 2.42. The van der Waals surface area contributed by atoms with E-state index in [2.05, 4.69) is 22.4 Å². The number of hydrogen-bond donors (Lipinski definition) is 1. The third-order valence-corrected chi connectivity index (χ3v) is 8.98. The summed E-state index contributed by atoms with van der Waals surface area (Å²) in [7, 11) is 1.85. The second-order valence-electron chi connectivity index (χ2n) is 11.9. The predicted octanol–water partition coefficient (Wildman–Crippen LogP) is 4.64. The maximum atomic E-state index is 14.2. The lowest BCUT2D eigenvalue weighted by Gasteiger charge is -2.42. The molecule has 8 nitrogen and oxygen atoms in total. The number of aryl methyl sites for hydroxylation is 1. The Labute approximate surface area is 236 Å². The van der Waals surface area contributed by atoms with Crippen LogP contribution in [0.5, 0.6) is 0 Å². The molecule has 1 aromatic heterocycles. The van der Waals surface area contributed by atoms with E-state index in [1.807, 2.05) is 29.8 Å². The molecule has 2 aliphatic heterocycles. The van der Waals surface area contributed by atoms with Gasteiger partial charge in [0.05, 0.1) is 18.0 Å². The number of fused-ring (bicyclic) bond motifs is 1. The van der Waals surface area contributed by atoms with Crippen LogP contribution in [0.1, 0.15) is 77.5 Å². The van der Waals surface area contributed by atoms with Crippen LogP contribution in [0.4, 0.5) is 18.9 Å². The lowest BCUT2D eigenvalue weighted by Crippen LogP contribution is -2.51. The molecule has 0 unspecified atom stereocenters. The molecule has 2 fully saturated rings. The van der Waals surface area contributed by atoms with E-state index in [9.17, 15) is 22.8 Å². The molecular formula is C30H33F3N6O2. The topological polar surface area (TPSA) is 83.4 Å². The summed E-state index contributed by atoms with van der Waals surface area (Å²) in [5.74, 6) is 0.176.